The SMILES string of the molecule is Cc1cc(-c2ccccc2F)cc2nc(C3=CC=NC3)nn12. The summed E-state index contributed by atoms with van der Waals surface area (Å²) in [5.41, 5.74) is 3.99. The number of aryl methyl sites for hydroxylation is 1. The van der Waals surface area contributed by atoms with Crippen molar-refractivity contribution in [2.24, 2.45) is 4.99 Å². The highest BCUT2D eigenvalue weighted by Crippen LogP contribution is 2.25. The van der Waals surface area contributed by atoms with Crippen LogP contribution in [0.1, 0.15) is 11.5 Å². The molecule has 1 aromatic carbocycles. The molecule has 4 nitrogen and oxygen atoms in total. The standard InChI is InChI=1S/C17H13FN4/c1-11-8-13(14-4-2-3-5-15(14)18)9-16-20-17(21-22(11)16)12-6-7-19-10-12/h2-9H,10H2,1H3. The Kier molecular flexibility index (Phi) is 2.85. The molecular weight excluding hydrogens is 279 g/mol. The van der Waals surface area contributed by atoms with Crippen LogP contribution in [0.4, 0.5) is 4.39 Å². The lowest BCUT2D eigenvalue weighted by molar-refractivity contribution is 0.631. The van der Waals surface area contributed by atoms with Crippen molar-refractivity contribution in [3.8, 4) is 11.1 Å². The molecule has 4 rings (SSSR count). The number of rotatable bonds is 2. The van der Waals surface area contributed by atoms with Crippen LogP contribution in [-0.4, -0.2) is 27.4 Å². The summed E-state index contributed by atoms with van der Waals surface area (Å²) in [5.74, 6) is 0.434. The number of nitrogens with zero attached hydrogens (tertiary/aromatic N) is 4. The minimum Gasteiger partial charge on any atom is -0.288 e. The summed E-state index contributed by atoms with van der Waals surface area (Å²) in [6.07, 6.45) is 3.68. The zero-order valence-electron chi connectivity index (χ0n) is 12.0. The van der Waals surface area contributed by atoms with Crippen LogP contribution in [0, 0.1) is 12.7 Å². The highest BCUT2D eigenvalue weighted by molar-refractivity contribution is 5.88. The number of allylic oxidation sites excluding steroid dienone is 1. The summed E-state index contributed by atoms with van der Waals surface area (Å²) in [6.45, 7) is 2.55. The van der Waals surface area contributed by atoms with Crippen molar-refractivity contribution in [2.45, 2.75) is 6.92 Å². The summed E-state index contributed by atoms with van der Waals surface area (Å²) in [6, 6.07) is 10.5. The molecule has 0 saturated heterocycles. The highest BCUT2D eigenvalue weighted by atomic mass is 19.1. The Hall–Kier alpha value is -2.82. The summed E-state index contributed by atoms with van der Waals surface area (Å²) >= 11 is 0. The van der Waals surface area contributed by atoms with E-state index in [-0.39, 0.29) is 5.82 Å². The zero-order chi connectivity index (χ0) is 15.1. The third-order valence-corrected chi connectivity index (χ3v) is 3.73. The molecule has 1 aliphatic rings. The van der Waals surface area contributed by atoms with Crippen molar-refractivity contribution in [2.75, 3.05) is 6.54 Å². The fourth-order valence-corrected chi connectivity index (χ4v) is 2.62. The van der Waals surface area contributed by atoms with Gasteiger partial charge in [-0.15, -0.1) is 5.10 Å². The van der Waals surface area contributed by atoms with Crippen LogP contribution in [-0.2, 0) is 0 Å². The molecule has 3 heterocycles. The lowest BCUT2D eigenvalue weighted by Gasteiger charge is -2.05. The molecule has 0 fully saturated rings. The number of hydrogen-bond donors (Lipinski definition) is 0. The van der Waals surface area contributed by atoms with Crippen LogP contribution in [0.2, 0.25) is 0 Å². The van der Waals surface area contributed by atoms with Gasteiger partial charge in [0.1, 0.15) is 5.82 Å². The quantitative estimate of drug-likeness (QED) is 0.727. The Bertz CT molecular complexity index is 937. The molecule has 0 N–H and O–H groups in total. The lowest BCUT2D eigenvalue weighted by atomic mass is 10.1. The molecule has 0 bridgehead atoms. The molecule has 0 amide bonds. The van der Waals surface area contributed by atoms with Gasteiger partial charge in [-0.3, -0.25) is 4.99 Å². The van der Waals surface area contributed by atoms with Gasteiger partial charge in [0, 0.05) is 23.0 Å². The summed E-state index contributed by atoms with van der Waals surface area (Å²) < 4.78 is 15.8. The average Bonchev–Trinajstić information content (AvgIpc) is 3.16. The maximum atomic E-state index is 14.0. The Labute approximate surface area is 126 Å². The number of aromatic nitrogens is 3. The fourth-order valence-electron chi connectivity index (χ4n) is 2.62. The topological polar surface area (TPSA) is 42.5 Å². The third kappa shape index (κ3) is 2.02. The van der Waals surface area contributed by atoms with Gasteiger partial charge >= 0.3 is 0 Å². The van der Waals surface area contributed by atoms with Gasteiger partial charge in [-0.1, -0.05) is 18.2 Å². The van der Waals surface area contributed by atoms with Crippen molar-refractivity contribution in [1.82, 2.24) is 14.6 Å². The van der Waals surface area contributed by atoms with Gasteiger partial charge in [-0.25, -0.2) is 13.9 Å². The Morgan fingerprint density at radius 2 is 2.05 bits per heavy atom. The number of halogens is 1. The van der Waals surface area contributed by atoms with E-state index in [9.17, 15) is 4.39 Å². The first-order valence-corrected chi connectivity index (χ1v) is 7.04. The van der Waals surface area contributed by atoms with Crippen molar-refractivity contribution < 1.29 is 4.39 Å². The minimum atomic E-state index is -0.238. The Morgan fingerprint density at radius 1 is 1.18 bits per heavy atom. The molecule has 22 heavy (non-hydrogen) atoms. The Morgan fingerprint density at radius 3 is 2.82 bits per heavy atom. The second-order valence-corrected chi connectivity index (χ2v) is 5.25. The molecule has 0 aliphatic carbocycles. The largest absolute Gasteiger partial charge is 0.288 e. The van der Waals surface area contributed by atoms with Gasteiger partial charge in [-0.05, 0) is 36.8 Å². The summed E-state index contributed by atoms with van der Waals surface area (Å²) in [7, 11) is 0. The smallest absolute Gasteiger partial charge is 0.180 e. The molecule has 108 valence electrons. The molecular formula is C17H13FN4. The van der Waals surface area contributed by atoms with Crippen molar-refractivity contribution in [1.29, 1.82) is 0 Å². The van der Waals surface area contributed by atoms with E-state index in [1.807, 2.05) is 31.2 Å². The number of fused-ring (bicyclic) bond motifs is 1. The van der Waals surface area contributed by atoms with Crippen molar-refractivity contribution in [3.05, 3.63) is 59.8 Å². The normalized spacial score (nSPS) is 13.8. The fraction of sp³-hybridized carbons (Fsp3) is 0.118. The Balaban J connectivity index is 1.88. The van der Waals surface area contributed by atoms with Crippen LogP contribution in [0.5, 0.6) is 0 Å². The average molecular weight is 292 g/mol. The molecule has 0 saturated carbocycles. The molecule has 3 aromatic rings. The van der Waals surface area contributed by atoms with Crippen molar-refractivity contribution in [3.63, 3.8) is 0 Å². The van der Waals surface area contributed by atoms with Gasteiger partial charge in [-0.2, -0.15) is 0 Å². The van der Waals surface area contributed by atoms with Gasteiger partial charge in [0.25, 0.3) is 0 Å². The van der Waals surface area contributed by atoms with Crippen LogP contribution >= 0.6 is 0 Å². The number of benzene rings is 1. The third-order valence-electron chi connectivity index (χ3n) is 3.73. The molecule has 0 radical (unpaired) electrons. The van der Waals surface area contributed by atoms with E-state index in [2.05, 4.69) is 15.1 Å². The van der Waals surface area contributed by atoms with E-state index in [0.717, 1.165) is 16.8 Å². The molecule has 0 unspecified atom stereocenters. The van der Waals surface area contributed by atoms with Gasteiger partial charge in [0.15, 0.2) is 11.5 Å². The number of pyridine rings is 1. The number of aliphatic imine (C=N–C) groups is 1. The van der Waals surface area contributed by atoms with E-state index in [1.54, 1.807) is 22.9 Å². The predicted molar refractivity (Wildman–Crippen MR) is 84.5 cm³/mol. The van der Waals surface area contributed by atoms with E-state index in [1.165, 1.54) is 6.07 Å². The second kappa shape index (κ2) is 4.87. The molecule has 2 aromatic heterocycles. The maximum absolute atomic E-state index is 14.0. The van der Waals surface area contributed by atoms with Gasteiger partial charge in [0.05, 0.1) is 6.54 Å². The molecule has 5 heteroatoms. The van der Waals surface area contributed by atoms with Crippen LogP contribution in [0.25, 0.3) is 22.3 Å². The highest BCUT2D eigenvalue weighted by Gasteiger charge is 2.14. The lowest BCUT2D eigenvalue weighted by Crippen LogP contribution is -1.96. The van der Waals surface area contributed by atoms with Crippen LogP contribution < -0.4 is 0 Å². The van der Waals surface area contributed by atoms with E-state index in [0.29, 0.717) is 23.6 Å². The van der Waals surface area contributed by atoms with Crippen LogP contribution in [0.3, 0.4) is 0 Å². The van der Waals surface area contributed by atoms with E-state index in [4.69, 9.17) is 0 Å². The monoisotopic (exact) mass is 292 g/mol. The zero-order valence-corrected chi connectivity index (χ0v) is 12.0. The minimum absolute atomic E-state index is 0.238. The number of hydrogen-bond acceptors (Lipinski definition) is 3. The second-order valence-electron chi connectivity index (χ2n) is 5.25. The van der Waals surface area contributed by atoms with Gasteiger partial charge in [0.2, 0.25) is 0 Å². The predicted octanol–water partition coefficient (Wildman–Crippen LogP) is 3.31. The summed E-state index contributed by atoms with van der Waals surface area (Å²) in [5, 5.41) is 4.51. The molecule has 1 aliphatic heterocycles. The van der Waals surface area contributed by atoms with Crippen LogP contribution in [0.15, 0.2) is 47.5 Å². The first-order valence-electron chi connectivity index (χ1n) is 7.04. The summed E-state index contributed by atoms with van der Waals surface area (Å²) in [4.78, 5) is 8.71. The molecule has 0 atom stereocenters. The van der Waals surface area contributed by atoms with E-state index < -0.39 is 0 Å². The maximum Gasteiger partial charge on any atom is 0.180 e. The van der Waals surface area contributed by atoms with E-state index >= 15 is 0 Å². The van der Waals surface area contributed by atoms with Crippen molar-refractivity contribution >= 4 is 17.4 Å². The molecule has 0 spiro atoms. The first kappa shape index (κ1) is 12.9. The van der Waals surface area contributed by atoms with Gasteiger partial charge < -0.3 is 0 Å². The first-order chi connectivity index (χ1) is 10.7.